The Bertz CT molecular complexity index is 739. The molecule has 0 aliphatic carbocycles. The molecule has 1 aromatic heterocycles. The largest absolute Gasteiger partial charge is 0.444 e. The van der Waals surface area contributed by atoms with Crippen molar-refractivity contribution in [1.29, 1.82) is 0 Å². The van der Waals surface area contributed by atoms with Crippen molar-refractivity contribution >= 4 is 24.0 Å². The molecule has 0 unspecified atom stereocenters. The molecule has 1 saturated heterocycles. The van der Waals surface area contributed by atoms with Crippen LogP contribution < -0.4 is 11.1 Å². The van der Waals surface area contributed by atoms with Gasteiger partial charge in [0.05, 0.1) is 11.1 Å². The molecule has 0 radical (unpaired) electrons. The summed E-state index contributed by atoms with van der Waals surface area (Å²) < 4.78 is 10.9. The molecule has 136 valence electrons. The minimum atomic E-state index is -0.553. The highest BCUT2D eigenvalue weighted by atomic mass is 35.5. The first-order valence-corrected chi connectivity index (χ1v) is 8.16. The van der Waals surface area contributed by atoms with Crippen molar-refractivity contribution in [3.8, 4) is 11.5 Å². The van der Waals surface area contributed by atoms with Gasteiger partial charge in [-0.15, -0.1) is 12.4 Å². The number of nitrogens with two attached hydrogens (primary N) is 1. The van der Waals surface area contributed by atoms with Gasteiger partial charge in [-0.25, -0.2) is 4.98 Å². The Labute approximate surface area is 153 Å². The number of hydrogen-bond donors (Lipinski definition) is 2. The van der Waals surface area contributed by atoms with Crippen LogP contribution in [-0.2, 0) is 9.53 Å². The summed E-state index contributed by atoms with van der Waals surface area (Å²) in [6, 6.07) is 5.72. The van der Waals surface area contributed by atoms with E-state index in [1.807, 2.05) is 32.0 Å². The second-order valence-electron chi connectivity index (χ2n) is 6.37. The lowest BCUT2D eigenvalue weighted by Crippen LogP contribution is -2.46. The third-order valence-corrected chi connectivity index (χ3v) is 4.67. The van der Waals surface area contributed by atoms with Gasteiger partial charge in [-0.2, -0.15) is 0 Å². The average molecular weight is 366 g/mol. The molecule has 1 amide bonds. The number of nitrogens with one attached hydrogen (secondary N) is 1. The smallest absolute Gasteiger partial charge is 0.232 e. The van der Waals surface area contributed by atoms with Gasteiger partial charge in [0.2, 0.25) is 11.8 Å². The number of ether oxygens (including phenoxy) is 1. The summed E-state index contributed by atoms with van der Waals surface area (Å²) in [5, 5.41) is 3.00. The summed E-state index contributed by atoms with van der Waals surface area (Å²) in [5.41, 5.74) is 8.79. The fourth-order valence-corrected chi connectivity index (χ4v) is 2.96. The molecule has 2 aromatic rings. The number of halogens is 1. The number of hydrogen-bond acceptors (Lipinski definition) is 5. The highest BCUT2D eigenvalue weighted by Gasteiger charge is 2.38. The van der Waals surface area contributed by atoms with Gasteiger partial charge in [0.25, 0.3) is 0 Å². The first-order chi connectivity index (χ1) is 11.5. The molecule has 3 N–H and O–H groups in total. The summed E-state index contributed by atoms with van der Waals surface area (Å²) in [4.78, 5) is 17.1. The van der Waals surface area contributed by atoms with E-state index in [0.29, 0.717) is 38.5 Å². The standard InChI is InChI=1S/C18H23N3O3.ClH/c1-12-3-4-14(9-15(12)16-20-13(2)10-24-16)21-17(22)18(11-19)5-7-23-8-6-18;/h3-4,9-10H,5-8,11,19H2,1-2H3,(H,21,22);1H. The molecule has 2 heterocycles. The molecule has 25 heavy (non-hydrogen) atoms. The zero-order valence-electron chi connectivity index (χ0n) is 14.5. The van der Waals surface area contributed by atoms with Gasteiger partial charge in [-0.1, -0.05) is 6.07 Å². The lowest BCUT2D eigenvalue weighted by molar-refractivity contribution is -0.130. The number of carbonyl (C=O) groups excluding carboxylic acids is 1. The van der Waals surface area contributed by atoms with Gasteiger partial charge >= 0.3 is 0 Å². The van der Waals surface area contributed by atoms with Gasteiger partial charge in [0.1, 0.15) is 6.26 Å². The Hall–Kier alpha value is -1.89. The van der Waals surface area contributed by atoms with Crippen molar-refractivity contribution in [2.45, 2.75) is 26.7 Å². The van der Waals surface area contributed by atoms with E-state index in [-0.39, 0.29) is 18.3 Å². The maximum absolute atomic E-state index is 12.8. The fraction of sp³-hybridized carbons (Fsp3) is 0.444. The minimum Gasteiger partial charge on any atom is -0.444 e. The number of carbonyl (C=O) groups is 1. The highest BCUT2D eigenvalue weighted by molar-refractivity contribution is 5.96. The number of oxazole rings is 1. The number of rotatable bonds is 4. The van der Waals surface area contributed by atoms with Crippen LogP contribution in [0.15, 0.2) is 28.9 Å². The van der Waals surface area contributed by atoms with E-state index in [0.717, 1.165) is 22.5 Å². The molecule has 7 heteroatoms. The highest BCUT2D eigenvalue weighted by Crippen LogP contribution is 2.32. The molecule has 0 bridgehead atoms. The summed E-state index contributed by atoms with van der Waals surface area (Å²) in [6.45, 7) is 5.32. The second kappa shape index (κ2) is 7.99. The van der Waals surface area contributed by atoms with E-state index in [1.54, 1.807) is 6.26 Å². The van der Waals surface area contributed by atoms with Crippen molar-refractivity contribution in [1.82, 2.24) is 4.98 Å². The minimum absolute atomic E-state index is 0. The molecule has 0 spiro atoms. The Kier molecular flexibility index (Phi) is 6.21. The van der Waals surface area contributed by atoms with E-state index < -0.39 is 5.41 Å². The summed E-state index contributed by atoms with van der Waals surface area (Å²) >= 11 is 0. The van der Waals surface area contributed by atoms with Crippen LogP contribution >= 0.6 is 12.4 Å². The van der Waals surface area contributed by atoms with Crippen molar-refractivity contribution in [3.05, 3.63) is 35.7 Å². The Morgan fingerprint density at radius 3 is 2.64 bits per heavy atom. The summed E-state index contributed by atoms with van der Waals surface area (Å²) in [7, 11) is 0. The first kappa shape index (κ1) is 19.4. The zero-order chi connectivity index (χ0) is 17.2. The lowest BCUT2D eigenvalue weighted by Gasteiger charge is -2.34. The molecular formula is C18H24ClN3O3. The van der Waals surface area contributed by atoms with Gasteiger partial charge in [-0.3, -0.25) is 4.79 Å². The van der Waals surface area contributed by atoms with E-state index in [2.05, 4.69) is 10.3 Å². The fourth-order valence-electron chi connectivity index (χ4n) is 2.96. The van der Waals surface area contributed by atoms with Crippen molar-refractivity contribution in [2.75, 3.05) is 25.1 Å². The molecule has 1 aliphatic heterocycles. The second-order valence-corrected chi connectivity index (χ2v) is 6.37. The maximum atomic E-state index is 12.8. The molecule has 0 atom stereocenters. The number of nitrogens with zero attached hydrogens (tertiary/aromatic N) is 1. The number of aromatic nitrogens is 1. The molecule has 1 fully saturated rings. The van der Waals surface area contributed by atoms with E-state index in [1.165, 1.54) is 0 Å². The molecule has 6 nitrogen and oxygen atoms in total. The molecule has 0 saturated carbocycles. The monoisotopic (exact) mass is 365 g/mol. The third kappa shape index (κ3) is 4.03. The van der Waals surface area contributed by atoms with Crippen LogP contribution in [0.2, 0.25) is 0 Å². The van der Waals surface area contributed by atoms with Crippen LogP contribution in [0.5, 0.6) is 0 Å². The van der Waals surface area contributed by atoms with Gasteiger partial charge in [-0.05, 0) is 44.4 Å². The van der Waals surface area contributed by atoms with Crippen LogP contribution in [0.25, 0.3) is 11.5 Å². The van der Waals surface area contributed by atoms with Crippen molar-refractivity contribution < 1.29 is 13.9 Å². The van der Waals surface area contributed by atoms with Crippen LogP contribution in [0, 0.1) is 19.3 Å². The topological polar surface area (TPSA) is 90.4 Å². The molecular weight excluding hydrogens is 342 g/mol. The van der Waals surface area contributed by atoms with E-state index in [4.69, 9.17) is 14.9 Å². The van der Waals surface area contributed by atoms with Crippen LogP contribution in [0.4, 0.5) is 5.69 Å². The Balaban J connectivity index is 0.00000225. The predicted octanol–water partition coefficient (Wildman–Crippen LogP) is 3.07. The van der Waals surface area contributed by atoms with Gasteiger partial charge in [0.15, 0.2) is 0 Å². The van der Waals surface area contributed by atoms with Crippen LogP contribution in [0.1, 0.15) is 24.1 Å². The van der Waals surface area contributed by atoms with Gasteiger partial charge in [0, 0.05) is 31.0 Å². The summed E-state index contributed by atoms with van der Waals surface area (Å²) in [6.07, 6.45) is 2.91. The molecule has 1 aliphatic rings. The number of aryl methyl sites for hydroxylation is 2. The quantitative estimate of drug-likeness (QED) is 0.868. The Morgan fingerprint density at radius 2 is 2.04 bits per heavy atom. The normalized spacial score (nSPS) is 16.1. The van der Waals surface area contributed by atoms with E-state index >= 15 is 0 Å². The zero-order valence-corrected chi connectivity index (χ0v) is 15.3. The lowest BCUT2D eigenvalue weighted by atomic mass is 9.79. The Morgan fingerprint density at radius 1 is 1.32 bits per heavy atom. The average Bonchev–Trinajstić information content (AvgIpc) is 3.03. The first-order valence-electron chi connectivity index (χ1n) is 8.16. The van der Waals surface area contributed by atoms with Crippen molar-refractivity contribution in [2.24, 2.45) is 11.1 Å². The molecule has 3 rings (SSSR count). The predicted molar refractivity (Wildman–Crippen MR) is 98.8 cm³/mol. The number of anilines is 1. The summed E-state index contributed by atoms with van der Waals surface area (Å²) in [5.74, 6) is 0.507. The maximum Gasteiger partial charge on any atom is 0.232 e. The molecule has 1 aromatic carbocycles. The van der Waals surface area contributed by atoms with E-state index in [9.17, 15) is 4.79 Å². The van der Waals surface area contributed by atoms with Crippen LogP contribution in [0.3, 0.4) is 0 Å². The van der Waals surface area contributed by atoms with Crippen LogP contribution in [-0.4, -0.2) is 30.6 Å². The third-order valence-electron chi connectivity index (χ3n) is 4.67. The SMILES string of the molecule is Cc1coc(-c2cc(NC(=O)C3(CN)CCOCC3)ccc2C)n1.Cl. The number of amides is 1. The number of benzene rings is 1. The van der Waals surface area contributed by atoms with Gasteiger partial charge < -0.3 is 20.2 Å². The van der Waals surface area contributed by atoms with Crippen molar-refractivity contribution in [3.63, 3.8) is 0 Å².